The Morgan fingerprint density at radius 2 is 1.58 bits per heavy atom. The summed E-state index contributed by atoms with van der Waals surface area (Å²) in [7, 11) is -7.07. The van der Waals surface area contributed by atoms with Crippen molar-refractivity contribution in [3.63, 3.8) is 0 Å². The van der Waals surface area contributed by atoms with Gasteiger partial charge in [-0.3, -0.25) is 9.52 Å². The topological polar surface area (TPSA) is 113 Å². The zero-order chi connectivity index (χ0) is 24.4. The lowest BCUT2D eigenvalue weighted by Gasteiger charge is -2.31. The molecule has 0 spiro atoms. The number of benzene rings is 2. The lowest BCUT2D eigenvalue weighted by molar-refractivity contribution is -0.126. The van der Waals surface area contributed by atoms with Crippen LogP contribution in [-0.4, -0.2) is 46.4 Å². The molecule has 2 N–H and O–H groups in total. The average Bonchev–Trinajstić information content (AvgIpc) is 2.71. The molecular formula is C23H31N3O5S2. The van der Waals surface area contributed by atoms with Crippen molar-refractivity contribution in [1.82, 2.24) is 9.62 Å². The molecule has 1 amide bonds. The van der Waals surface area contributed by atoms with Gasteiger partial charge in [0.05, 0.1) is 16.8 Å². The highest BCUT2D eigenvalue weighted by atomic mass is 32.2. The first-order valence-electron chi connectivity index (χ1n) is 10.8. The molecule has 0 atom stereocenters. The van der Waals surface area contributed by atoms with Crippen molar-refractivity contribution in [2.24, 2.45) is 5.92 Å². The molecular weight excluding hydrogens is 462 g/mol. The van der Waals surface area contributed by atoms with Gasteiger partial charge in [-0.05, 0) is 56.4 Å². The van der Waals surface area contributed by atoms with Gasteiger partial charge in [0.2, 0.25) is 26.0 Å². The first-order valence-corrected chi connectivity index (χ1v) is 14.1. The van der Waals surface area contributed by atoms with Crippen molar-refractivity contribution in [3.8, 4) is 0 Å². The molecule has 8 nitrogen and oxygen atoms in total. The molecule has 33 heavy (non-hydrogen) atoms. The molecule has 0 radical (unpaired) electrons. The molecule has 2 aromatic carbocycles. The van der Waals surface area contributed by atoms with Crippen molar-refractivity contribution < 1.29 is 21.6 Å². The van der Waals surface area contributed by atoms with E-state index in [0.29, 0.717) is 29.0 Å². The molecule has 1 saturated heterocycles. The highest BCUT2D eigenvalue weighted by molar-refractivity contribution is 7.92. The Kier molecular flexibility index (Phi) is 7.50. The minimum atomic E-state index is -3.63. The molecule has 10 heteroatoms. The molecule has 0 aromatic heterocycles. The molecule has 3 rings (SSSR count). The van der Waals surface area contributed by atoms with E-state index in [4.69, 9.17) is 0 Å². The summed E-state index contributed by atoms with van der Waals surface area (Å²) in [4.78, 5) is 13.1. The van der Waals surface area contributed by atoms with E-state index in [9.17, 15) is 21.6 Å². The number of hydrogen-bond donors (Lipinski definition) is 2. The number of piperidine rings is 1. The van der Waals surface area contributed by atoms with Crippen LogP contribution in [-0.2, 0) is 31.4 Å². The largest absolute Gasteiger partial charge is 0.352 e. The third-order valence-corrected chi connectivity index (χ3v) is 8.59. The normalized spacial score (nSPS) is 15.9. The average molecular weight is 494 g/mol. The standard InChI is InChI=1S/C23H31N3O5S2/c1-16-13-17(2)22(18(3)14-16)33(30,31)26-11-9-19(10-12-26)23(27)24-15-20-7-5-6-8-21(20)25-32(4,28)29/h5-8,13-14,19,25H,9-12,15H2,1-4H3,(H,24,27). The second-order valence-electron chi connectivity index (χ2n) is 8.66. The van der Waals surface area contributed by atoms with Gasteiger partial charge in [-0.2, -0.15) is 4.31 Å². The van der Waals surface area contributed by atoms with Gasteiger partial charge in [0.25, 0.3) is 0 Å². The van der Waals surface area contributed by atoms with Gasteiger partial charge in [-0.15, -0.1) is 0 Å². The first kappa shape index (κ1) is 25.2. The van der Waals surface area contributed by atoms with Crippen LogP contribution in [0.4, 0.5) is 5.69 Å². The number of carbonyl (C=O) groups is 1. The summed E-state index contributed by atoms with van der Waals surface area (Å²) in [5.41, 5.74) is 3.56. The Morgan fingerprint density at radius 3 is 2.15 bits per heavy atom. The maximum Gasteiger partial charge on any atom is 0.243 e. The number of anilines is 1. The smallest absolute Gasteiger partial charge is 0.243 e. The first-order chi connectivity index (χ1) is 15.4. The maximum absolute atomic E-state index is 13.2. The van der Waals surface area contributed by atoms with Gasteiger partial charge < -0.3 is 5.32 Å². The number of aryl methyl sites for hydroxylation is 3. The molecule has 0 saturated carbocycles. The van der Waals surface area contributed by atoms with E-state index in [0.717, 1.165) is 22.9 Å². The lowest BCUT2D eigenvalue weighted by atomic mass is 9.97. The number of nitrogens with zero attached hydrogens (tertiary/aromatic N) is 1. The number of para-hydroxylation sites is 1. The van der Waals surface area contributed by atoms with Crippen LogP contribution < -0.4 is 10.0 Å². The molecule has 0 unspecified atom stereocenters. The Bertz CT molecular complexity index is 1230. The van der Waals surface area contributed by atoms with Crippen LogP contribution in [0.2, 0.25) is 0 Å². The van der Waals surface area contributed by atoms with Crippen molar-refractivity contribution >= 4 is 31.6 Å². The van der Waals surface area contributed by atoms with Gasteiger partial charge in [-0.1, -0.05) is 35.9 Å². The summed E-state index contributed by atoms with van der Waals surface area (Å²) < 4.78 is 53.5. The quantitative estimate of drug-likeness (QED) is 0.616. The summed E-state index contributed by atoms with van der Waals surface area (Å²) in [6, 6.07) is 10.6. The van der Waals surface area contributed by atoms with Crippen molar-refractivity contribution in [2.45, 2.75) is 45.1 Å². The number of rotatable bonds is 7. The zero-order valence-corrected chi connectivity index (χ0v) is 21.0. The van der Waals surface area contributed by atoms with Gasteiger partial charge in [0.1, 0.15) is 0 Å². The number of hydrogen-bond acceptors (Lipinski definition) is 5. The number of carbonyl (C=O) groups excluding carboxylic acids is 1. The molecule has 1 heterocycles. The fourth-order valence-corrected chi connectivity index (χ4v) is 6.84. The van der Waals surface area contributed by atoms with E-state index in [2.05, 4.69) is 10.0 Å². The molecule has 180 valence electrons. The number of sulfonamides is 2. The molecule has 2 aromatic rings. The highest BCUT2D eigenvalue weighted by Gasteiger charge is 2.33. The Labute approximate surface area is 196 Å². The van der Waals surface area contributed by atoms with Crippen LogP contribution in [0.5, 0.6) is 0 Å². The van der Waals surface area contributed by atoms with E-state index >= 15 is 0 Å². The predicted octanol–water partition coefficient (Wildman–Crippen LogP) is 2.70. The number of amides is 1. The second-order valence-corrected chi connectivity index (χ2v) is 12.3. The summed E-state index contributed by atoms with van der Waals surface area (Å²) in [5.74, 6) is -0.462. The van der Waals surface area contributed by atoms with Crippen LogP contribution in [0.1, 0.15) is 35.1 Å². The van der Waals surface area contributed by atoms with E-state index in [1.54, 1.807) is 24.3 Å². The fourth-order valence-electron chi connectivity index (χ4n) is 4.36. The Hall–Kier alpha value is -2.43. The van der Waals surface area contributed by atoms with E-state index in [-0.39, 0.29) is 31.5 Å². The van der Waals surface area contributed by atoms with Crippen molar-refractivity contribution in [3.05, 3.63) is 58.7 Å². The zero-order valence-electron chi connectivity index (χ0n) is 19.4. The minimum absolute atomic E-state index is 0.163. The summed E-state index contributed by atoms with van der Waals surface area (Å²) in [6.07, 6.45) is 1.93. The van der Waals surface area contributed by atoms with Gasteiger partial charge in [0, 0.05) is 25.6 Å². The van der Waals surface area contributed by atoms with E-state index in [1.807, 2.05) is 32.9 Å². The van der Waals surface area contributed by atoms with E-state index < -0.39 is 20.0 Å². The van der Waals surface area contributed by atoms with Gasteiger partial charge in [-0.25, -0.2) is 16.8 Å². The third-order valence-electron chi connectivity index (χ3n) is 5.79. The Morgan fingerprint density at radius 1 is 1.00 bits per heavy atom. The maximum atomic E-state index is 13.2. The Balaban J connectivity index is 1.62. The van der Waals surface area contributed by atoms with Crippen LogP contribution in [0.25, 0.3) is 0 Å². The minimum Gasteiger partial charge on any atom is -0.352 e. The summed E-state index contributed by atoms with van der Waals surface area (Å²) in [6.45, 7) is 6.29. The second kappa shape index (κ2) is 9.82. The molecule has 0 aliphatic carbocycles. The highest BCUT2D eigenvalue weighted by Crippen LogP contribution is 2.29. The van der Waals surface area contributed by atoms with Gasteiger partial charge in [0.15, 0.2) is 0 Å². The molecule has 1 fully saturated rings. The van der Waals surface area contributed by atoms with Gasteiger partial charge >= 0.3 is 0 Å². The van der Waals surface area contributed by atoms with Crippen LogP contribution in [0.3, 0.4) is 0 Å². The fraction of sp³-hybridized carbons (Fsp3) is 0.435. The number of nitrogens with one attached hydrogen (secondary N) is 2. The molecule has 1 aliphatic rings. The molecule has 0 bridgehead atoms. The van der Waals surface area contributed by atoms with Crippen LogP contribution in [0, 0.1) is 26.7 Å². The van der Waals surface area contributed by atoms with Crippen LogP contribution >= 0.6 is 0 Å². The lowest BCUT2D eigenvalue weighted by Crippen LogP contribution is -2.43. The monoisotopic (exact) mass is 493 g/mol. The van der Waals surface area contributed by atoms with E-state index in [1.165, 1.54) is 4.31 Å². The SMILES string of the molecule is Cc1cc(C)c(S(=O)(=O)N2CCC(C(=O)NCc3ccccc3NS(C)(=O)=O)CC2)c(C)c1. The molecule has 1 aliphatic heterocycles. The van der Waals surface area contributed by atoms with Crippen molar-refractivity contribution in [1.29, 1.82) is 0 Å². The van der Waals surface area contributed by atoms with Crippen LogP contribution in [0.15, 0.2) is 41.3 Å². The predicted molar refractivity (Wildman–Crippen MR) is 129 cm³/mol. The summed E-state index contributed by atoms with van der Waals surface area (Å²) >= 11 is 0. The van der Waals surface area contributed by atoms with Crippen molar-refractivity contribution in [2.75, 3.05) is 24.1 Å². The third kappa shape index (κ3) is 6.13. The summed E-state index contributed by atoms with van der Waals surface area (Å²) in [5, 5.41) is 2.86.